The molecular formula is C14H16N4OS. The van der Waals surface area contributed by atoms with Crippen molar-refractivity contribution in [1.82, 2.24) is 20.5 Å². The minimum absolute atomic E-state index is 0.0589. The van der Waals surface area contributed by atoms with Crippen molar-refractivity contribution in [2.75, 3.05) is 0 Å². The maximum Gasteiger partial charge on any atom is 0.233 e. The van der Waals surface area contributed by atoms with E-state index in [2.05, 4.69) is 20.5 Å². The van der Waals surface area contributed by atoms with Crippen molar-refractivity contribution in [1.29, 1.82) is 0 Å². The average Bonchev–Trinajstić information content (AvgIpc) is 3.16. The molecule has 2 N–H and O–H groups in total. The standard InChI is InChI=1S/C14H16N4OS/c1-9(13(19)15-11-7-8-11)20-14-16-12(17-18-14)10-5-3-2-4-6-10/h2-6,9,11H,7-8H2,1H3,(H,15,19)(H,16,17,18)/t9-/m1/s1. The molecule has 1 aliphatic rings. The highest BCUT2D eigenvalue weighted by atomic mass is 32.2. The number of nitrogens with zero attached hydrogens (tertiary/aromatic N) is 2. The molecule has 0 bridgehead atoms. The van der Waals surface area contributed by atoms with Crippen LogP contribution >= 0.6 is 11.8 Å². The lowest BCUT2D eigenvalue weighted by Crippen LogP contribution is -2.32. The Bertz CT molecular complexity index is 594. The first-order chi connectivity index (χ1) is 9.72. The molecule has 3 rings (SSSR count). The largest absolute Gasteiger partial charge is 0.352 e. The Labute approximate surface area is 121 Å². The number of aromatic nitrogens is 3. The number of aromatic amines is 1. The third-order valence-corrected chi connectivity index (χ3v) is 4.05. The van der Waals surface area contributed by atoms with E-state index in [1.165, 1.54) is 11.8 Å². The van der Waals surface area contributed by atoms with Gasteiger partial charge in [0.25, 0.3) is 0 Å². The first-order valence-electron chi connectivity index (χ1n) is 6.67. The van der Waals surface area contributed by atoms with Gasteiger partial charge in [-0.15, -0.1) is 5.10 Å². The van der Waals surface area contributed by atoms with Crippen LogP contribution in [0.15, 0.2) is 35.5 Å². The van der Waals surface area contributed by atoms with Crippen LogP contribution in [0.5, 0.6) is 0 Å². The second-order valence-electron chi connectivity index (χ2n) is 4.88. The van der Waals surface area contributed by atoms with Crippen molar-refractivity contribution in [2.24, 2.45) is 0 Å². The Morgan fingerprint density at radius 3 is 2.85 bits per heavy atom. The Morgan fingerprint density at radius 2 is 2.15 bits per heavy atom. The van der Waals surface area contributed by atoms with Gasteiger partial charge in [0, 0.05) is 11.6 Å². The predicted molar refractivity (Wildman–Crippen MR) is 78.3 cm³/mol. The van der Waals surface area contributed by atoms with Gasteiger partial charge in [0.1, 0.15) is 0 Å². The first kappa shape index (κ1) is 13.2. The maximum atomic E-state index is 11.9. The minimum atomic E-state index is -0.185. The van der Waals surface area contributed by atoms with E-state index in [0.29, 0.717) is 11.2 Å². The molecule has 0 radical (unpaired) electrons. The number of carbonyl (C=O) groups is 1. The van der Waals surface area contributed by atoms with Crippen LogP contribution in [-0.4, -0.2) is 32.4 Å². The lowest BCUT2D eigenvalue weighted by molar-refractivity contribution is -0.120. The van der Waals surface area contributed by atoms with Gasteiger partial charge < -0.3 is 5.32 Å². The van der Waals surface area contributed by atoms with Crippen LogP contribution in [0, 0.1) is 0 Å². The van der Waals surface area contributed by atoms with E-state index < -0.39 is 0 Å². The van der Waals surface area contributed by atoms with Gasteiger partial charge in [-0.1, -0.05) is 42.1 Å². The smallest absolute Gasteiger partial charge is 0.233 e. The van der Waals surface area contributed by atoms with Crippen molar-refractivity contribution < 1.29 is 4.79 Å². The Kier molecular flexibility index (Phi) is 3.73. The summed E-state index contributed by atoms with van der Waals surface area (Å²) in [6, 6.07) is 10.2. The normalized spacial score (nSPS) is 15.8. The molecule has 104 valence electrons. The number of hydrogen-bond acceptors (Lipinski definition) is 4. The molecule has 0 saturated heterocycles. The highest BCUT2D eigenvalue weighted by Crippen LogP contribution is 2.24. The molecule has 5 nitrogen and oxygen atoms in total. The molecule has 1 aromatic heterocycles. The molecule has 1 aromatic carbocycles. The second kappa shape index (κ2) is 5.66. The zero-order valence-electron chi connectivity index (χ0n) is 11.2. The van der Waals surface area contributed by atoms with Gasteiger partial charge in [-0.25, -0.2) is 4.98 Å². The third-order valence-electron chi connectivity index (χ3n) is 3.09. The quantitative estimate of drug-likeness (QED) is 0.828. The fourth-order valence-corrected chi connectivity index (χ4v) is 2.52. The lowest BCUT2D eigenvalue weighted by atomic mass is 10.2. The molecule has 1 amide bonds. The molecular weight excluding hydrogens is 272 g/mol. The highest BCUT2D eigenvalue weighted by Gasteiger charge is 2.26. The summed E-state index contributed by atoms with van der Waals surface area (Å²) in [7, 11) is 0. The van der Waals surface area contributed by atoms with E-state index in [0.717, 1.165) is 24.2 Å². The third kappa shape index (κ3) is 3.19. The van der Waals surface area contributed by atoms with Gasteiger partial charge in [0.2, 0.25) is 11.1 Å². The van der Waals surface area contributed by atoms with Crippen LogP contribution in [0.1, 0.15) is 19.8 Å². The van der Waals surface area contributed by atoms with Crippen molar-refractivity contribution in [3.8, 4) is 11.4 Å². The first-order valence-corrected chi connectivity index (χ1v) is 7.55. The van der Waals surface area contributed by atoms with Crippen LogP contribution in [0.4, 0.5) is 0 Å². The summed E-state index contributed by atoms with van der Waals surface area (Å²) in [6.07, 6.45) is 2.20. The molecule has 20 heavy (non-hydrogen) atoms. The molecule has 0 aliphatic heterocycles. The van der Waals surface area contributed by atoms with Gasteiger partial charge in [-0.3, -0.25) is 9.89 Å². The van der Waals surface area contributed by atoms with E-state index in [9.17, 15) is 4.79 Å². The van der Waals surface area contributed by atoms with Crippen LogP contribution in [0.25, 0.3) is 11.4 Å². The Hall–Kier alpha value is -1.82. The number of H-pyrrole nitrogens is 1. The molecule has 1 fully saturated rings. The molecule has 6 heteroatoms. The van der Waals surface area contributed by atoms with Crippen LogP contribution in [0.3, 0.4) is 0 Å². The van der Waals surface area contributed by atoms with E-state index >= 15 is 0 Å². The van der Waals surface area contributed by atoms with E-state index in [4.69, 9.17) is 0 Å². The molecule has 1 heterocycles. The SMILES string of the molecule is C[C@@H](Sc1n[nH]c(-c2ccccc2)n1)C(=O)NC1CC1. The van der Waals surface area contributed by atoms with E-state index in [-0.39, 0.29) is 11.2 Å². The van der Waals surface area contributed by atoms with Crippen LogP contribution in [-0.2, 0) is 4.79 Å². The second-order valence-corrected chi connectivity index (χ2v) is 6.18. The predicted octanol–water partition coefficient (Wildman–Crippen LogP) is 2.23. The fourth-order valence-electron chi connectivity index (χ4n) is 1.78. The maximum absolute atomic E-state index is 11.9. The summed E-state index contributed by atoms with van der Waals surface area (Å²) < 4.78 is 0. The average molecular weight is 288 g/mol. The van der Waals surface area contributed by atoms with Gasteiger partial charge in [-0.05, 0) is 19.8 Å². The number of rotatable bonds is 5. The van der Waals surface area contributed by atoms with Gasteiger partial charge in [-0.2, -0.15) is 0 Å². The number of nitrogens with one attached hydrogen (secondary N) is 2. The Morgan fingerprint density at radius 1 is 1.40 bits per heavy atom. The number of benzene rings is 1. The van der Waals surface area contributed by atoms with Crippen molar-refractivity contribution in [3.05, 3.63) is 30.3 Å². The Balaban J connectivity index is 1.63. The summed E-state index contributed by atoms with van der Waals surface area (Å²) >= 11 is 1.37. The molecule has 1 aliphatic carbocycles. The molecule has 0 unspecified atom stereocenters. The summed E-state index contributed by atoms with van der Waals surface area (Å²) in [4.78, 5) is 16.3. The number of thioether (sulfide) groups is 1. The topological polar surface area (TPSA) is 70.7 Å². The molecule has 2 aromatic rings. The zero-order valence-corrected chi connectivity index (χ0v) is 12.0. The van der Waals surface area contributed by atoms with Gasteiger partial charge in [0.05, 0.1) is 5.25 Å². The van der Waals surface area contributed by atoms with Gasteiger partial charge in [0.15, 0.2) is 5.82 Å². The zero-order chi connectivity index (χ0) is 13.9. The molecule has 1 saturated carbocycles. The highest BCUT2D eigenvalue weighted by molar-refractivity contribution is 8.00. The van der Waals surface area contributed by atoms with Crippen LogP contribution in [0.2, 0.25) is 0 Å². The number of carbonyl (C=O) groups excluding carboxylic acids is 1. The molecule has 1 atom stereocenters. The van der Waals surface area contributed by atoms with E-state index in [1.54, 1.807) is 0 Å². The summed E-state index contributed by atoms with van der Waals surface area (Å²) in [6.45, 7) is 1.88. The van der Waals surface area contributed by atoms with Crippen LogP contribution < -0.4 is 5.32 Å². The summed E-state index contributed by atoms with van der Waals surface area (Å²) in [5.74, 6) is 0.784. The number of hydrogen-bond donors (Lipinski definition) is 2. The van der Waals surface area contributed by atoms with Gasteiger partial charge >= 0.3 is 0 Å². The monoisotopic (exact) mass is 288 g/mol. The van der Waals surface area contributed by atoms with Crippen molar-refractivity contribution in [2.45, 2.75) is 36.2 Å². The summed E-state index contributed by atoms with van der Waals surface area (Å²) in [5, 5.41) is 10.5. The lowest BCUT2D eigenvalue weighted by Gasteiger charge is -2.08. The van der Waals surface area contributed by atoms with E-state index in [1.807, 2.05) is 37.3 Å². The van der Waals surface area contributed by atoms with Crippen molar-refractivity contribution >= 4 is 17.7 Å². The minimum Gasteiger partial charge on any atom is -0.352 e. The molecule has 0 spiro atoms. The fraction of sp³-hybridized carbons (Fsp3) is 0.357. The van der Waals surface area contributed by atoms with Crippen molar-refractivity contribution in [3.63, 3.8) is 0 Å². The summed E-state index contributed by atoms with van der Waals surface area (Å²) in [5.41, 5.74) is 0.988. The number of amides is 1.